The minimum Gasteiger partial charge on any atom is -0.493 e. The van der Waals surface area contributed by atoms with Crippen molar-refractivity contribution in [2.75, 3.05) is 13.7 Å². The van der Waals surface area contributed by atoms with E-state index in [0.717, 1.165) is 5.56 Å². The molecule has 1 atom stereocenters. The second kappa shape index (κ2) is 5.27. The lowest BCUT2D eigenvalue weighted by atomic mass is 10.2. The van der Waals surface area contributed by atoms with Crippen LogP contribution in [0.2, 0.25) is 0 Å². The van der Waals surface area contributed by atoms with Crippen molar-refractivity contribution in [3.8, 4) is 11.5 Å². The van der Waals surface area contributed by atoms with Crippen LogP contribution in [0.1, 0.15) is 5.56 Å². The zero-order chi connectivity index (χ0) is 13.1. The average molecular weight is 249 g/mol. The van der Waals surface area contributed by atoms with Crippen molar-refractivity contribution in [3.05, 3.63) is 23.8 Å². The van der Waals surface area contributed by atoms with Crippen LogP contribution in [0.4, 0.5) is 13.2 Å². The van der Waals surface area contributed by atoms with Gasteiger partial charge >= 0.3 is 6.18 Å². The van der Waals surface area contributed by atoms with Gasteiger partial charge in [0.05, 0.1) is 7.11 Å². The fraction of sp³-hybridized carbons (Fsp3) is 0.455. The van der Waals surface area contributed by atoms with Crippen LogP contribution in [-0.2, 0) is 0 Å². The van der Waals surface area contributed by atoms with E-state index in [1.54, 1.807) is 19.1 Å². The van der Waals surface area contributed by atoms with Crippen molar-refractivity contribution in [2.24, 2.45) is 5.73 Å². The summed E-state index contributed by atoms with van der Waals surface area (Å²) in [6, 6.07) is 4.67. The minimum atomic E-state index is -4.50. The maximum Gasteiger partial charge on any atom is 0.426 e. The monoisotopic (exact) mass is 249 g/mol. The fourth-order valence-corrected chi connectivity index (χ4v) is 1.27. The molecule has 6 heteroatoms. The number of halogens is 3. The molecule has 0 spiro atoms. The Morgan fingerprint density at radius 2 is 1.94 bits per heavy atom. The molecule has 0 saturated heterocycles. The van der Waals surface area contributed by atoms with E-state index in [1.165, 1.54) is 13.2 Å². The Bertz CT molecular complexity index is 379. The summed E-state index contributed by atoms with van der Waals surface area (Å²) in [4.78, 5) is 0. The highest BCUT2D eigenvalue weighted by atomic mass is 19.4. The van der Waals surface area contributed by atoms with Crippen LogP contribution in [0.3, 0.4) is 0 Å². The molecular weight excluding hydrogens is 235 g/mol. The summed E-state index contributed by atoms with van der Waals surface area (Å²) in [5.41, 5.74) is 5.91. The summed E-state index contributed by atoms with van der Waals surface area (Å²) in [5.74, 6) is 0.290. The van der Waals surface area contributed by atoms with Crippen LogP contribution < -0.4 is 15.2 Å². The molecule has 96 valence electrons. The number of ether oxygens (including phenoxy) is 2. The van der Waals surface area contributed by atoms with Gasteiger partial charge in [-0.3, -0.25) is 0 Å². The first-order valence-corrected chi connectivity index (χ1v) is 4.96. The molecule has 0 saturated carbocycles. The summed E-state index contributed by atoms with van der Waals surface area (Å²) >= 11 is 0. The third kappa shape index (κ3) is 3.52. The van der Waals surface area contributed by atoms with Gasteiger partial charge in [0.25, 0.3) is 0 Å². The molecule has 1 rings (SSSR count). The van der Waals surface area contributed by atoms with Crippen LogP contribution in [-0.4, -0.2) is 25.9 Å². The Balaban J connectivity index is 2.94. The number of rotatable bonds is 4. The van der Waals surface area contributed by atoms with E-state index in [9.17, 15) is 13.2 Å². The van der Waals surface area contributed by atoms with Crippen molar-refractivity contribution >= 4 is 0 Å². The van der Waals surface area contributed by atoms with Crippen molar-refractivity contribution in [1.82, 2.24) is 0 Å². The molecule has 0 bridgehead atoms. The smallest absolute Gasteiger partial charge is 0.426 e. The average Bonchev–Trinajstić information content (AvgIpc) is 2.25. The molecule has 0 radical (unpaired) electrons. The molecule has 0 amide bonds. The predicted octanol–water partition coefficient (Wildman–Crippen LogP) is 2.27. The van der Waals surface area contributed by atoms with Crippen LogP contribution in [0.5, 0.6) is 11.5 Å². The van der Waals surface area contributed by atoms with Crippen molar-refractivity contribution < 1.29 is 22.6 Å². The van der Waals surface area contributed by atoms with Gasteiger partial charge in [0.15, 0.2) is 11.5 Å². The molecule has 0 aromatic heterocycles. The molecule has 0 heterocycles. The molecule has 0 aliphatic carbocycles. The first-order valence-electron chi connectivity index (χ1n) is 4.96. The summed E-state index contributed by atoms with van der Waals surface area (Å²) in [6.45, 7) is 1.16. The highest BCUT2D eigenvalue weighted by molar-refractivity contribution is 5.42. The highest BCUT2D eigenvalue weighted by Crippen LogP contribution is 2.32. The van der Waals surface area contributed by atoms with Gasteiger partial charge in [0.2, 0.25) is 6.10 Å². The van der Waals surface area contributed by atoms with Gasteiger partial charge in [-0.2, -0.15) is 13.2 Å². The Morgan fingerprint density at radius 3 is 2.41 bits per heavy atom. The van der Waals surface area contributed by atoms with Crippen molar-refractivity contribution in [2.45, 2.75) is 19.2 Å². The van der Waals surface area contributed by atoms with Gasteiger partial charge < -0.3 is 15.2 Å². The molecule has 0 aliphatic rings. The Morgan fingerprint density at radius 1 is 1.29 bits per heavy atom. The third-order valence-electron chi connectivity index (χ3n) is 2.17. The maximum atomic E-state index is 12.5. The SMILES string of the molecule is COc1cc(C)ccc1OC(CN)C(F)(F)F. The van der Waals surface area contributed by atoms with E-state index in [1.807, 2.05) is 0 Å². The van der Waals surface area contributed by atoms with Crippen LogP contribution in [0, 0.1) is 6.92 Å². The lowest BCUT2D eigenvalue weighted by Gasteiger charge is -2.21. The number of benzene rings is 1. The third-order valence-corrected chi connectivity index (χ3v) is 2.17. The van der Waals surface area contributed by atoms with Crippen LogP contribution in [0.25, 0.3) is 0 Å². The molecule has 2 N–H and O–H groups in total. The number of alkyl halides is 3. The summed E-state index contributed by atoms with van der Waals surface area (Å²) < 4.78 is 47.2. The Kier molecular flexibility index (Phi) is 4.22. The zero-order valence-electron chi connectivity index (χ0n) is 9.54. The molecule has 17 heavy (non-hydrogen) atoms. The highest BCUT2D eigenvalue weighted by Gasteiger charge is 2.41. The molecule has 1 aromatic rings. The summed E-state index contributed by atoms with van der Waals surface area (Å²) in [5, 5.41) is 0. The van der Waals surface area contributed by atoms with E-state index < -0.39 is 18.8 Å². The first-order chi connectivity index (χ1) is 7.88. The fourth-order valence-electron chi connectivity index (χ4n) is 1.27. The van der Waals surface area contributed by atoms with E-state index in [-0.39, 0.29) is 11.5 Å². The van der Waals surface area contributed by atoms with E-state index >= 15 is 0 Å². The molecule has 1 unspecified atom stereocenters. The standard InChI is InChI=1S/C11H14F3NO2/c1-7-3-4-8(9(5-7)16-2)17-10(6-15)11(12,13)14/h3-5,10H,6,15H2,1-2H3. The Labute approximate surface area is 97.3 Å². The van der Waals surface area contributed by atoms with Gasteiger partial charge in [-0.15, -0.1) is 0 Å². The van der Waals surface area contributed by atoms with E-state index in [2.05, 4.69) is 0 Å². The predicted molar refractivity (Wildman–Crippen MR) is 57.3 cm³/mol. The topological polar surface area (TPSA) is 44.5 Å². The molecular formula is C11H14F3NO2. The van der Waals surface area contributed by atoms with Gasteiger partial charge in [-0.1, -0.05) is 6.07 Å². The van der Waals surface area contributed by atoms with Crippen LogP contribution in [0.15, 0.2) is 18.2 Å². The zero-order valence-corrected chi connectivity index (χ0v) is 9.54. The molecule has 1 aromatic carbocycles. The number of nitrogens with two attached hydrogens (primary N) is 1. The second-order valence-corrected chi connectivity index (χ2v) is 3.54. The number of hydrogen-bond donors (Lipinski definition) is 1. The second-order valence-electron chi connectivity index (χ2n) is 3.54. The van der Waals surface area contributed by atoms with Gasteiger partial charge in [0.1, 0.15) is 0 Å². The summed E-state index contributed by atoms with van der Waals surface area (Å²) in [6.07, 6.45) is -6.52. The molecule has 0 aliphatic heterocycles. The van der Waals surface area contributed by atoms with Gasteiger partial charge in [-0.25, -0.2) is 0 Å². The van der Waals surface area contributed by atoms with Gasteiger partial charge in [0, 0.05) is 6.54 Å². The number of methoxy groups -OCH3 is 1. The lowest BCUT2D eigenvalue weighted by molar-refractivity contribution is -0.191. The maximum absolute atomic E-state index is 12.5. The lowest BCUT2D eigenvalue weighted by Crippen LogP contribution is -2.40. The summed E-state index contributed by atoms with van der Waals surface area (Å²) in [7, 11) is 1.37. The number of hydrogen-bond acceptors (Lipinski definition) is 3. The van der Waals surface area contributed by atoms with Crippen LogP contribution >= 0.6 is 0 Å². The normalized spacial score (nSPS) is 13.3. The quantitative estimate of drug-likeness (QED) is 0.890. The Hall–Kier alpha value is -1.43. The van der Waals surface area contributed by atoms with E-state index in [0.29, 0.717) is 0 Å². The number of aryl methyl sites for hydroxylation is 1. The van der Waals surface area contributed by atoms with Gasteiger partial charge in [-0.05, 0) is 24.6 Å². The first kappa shape index (κ1) is 13.6. The largest absolute Gasteiger partial charge is 0.493 e. The van der Waals surface area contributed by atoms with E-state index in [4.69, 9.17) is 15.2 Å². The van der Waals surface area contributed by atoms with Crippen molar-refractivity contribution in [1.29, 1.82) is 0 Å². The molecule has 0 fully saturated rings. The van der Waals surface area contributed by atoms with Crippen molar-refractivity contribution in [3.63, 3.8) is 0 Å². The minimum absolute atomic E-state index is 0.0332. The molecule has 3 nitrogen and oxygen atoms in total.